The lowest BCUT2D eigenvalue weighted by atomic mass is 9.96. The molecule has 0 radical (unpaired) electrons. The summed E-state index contributed by atoms with van der Waals surface area (Å²) in [5.41, 5.74) is 0.737. The van der Waals surface area contributed by atoms with Crippen molar-refractivity contribution in [2.75, 3.05) is 11.9 Å². The number of nitrogens with zero attached hydrogens (tertiary/aromatic N) is 4. The van der Waals surface area contributed by atoms with E-state index in [1.807, 2.05) is 0 Å². The van der Waals surface area contributed by atoms with Crippen LogP contribution in [0.15, 0.2) is 18.2 Å². The molecule has 0 fully saturated rings. The van der Waals surface area contributed by atoms with Crippen LogP contribution < -0.4 is 5.32 Å². The van der Waals surface area contributed by atoms with Crippen molar-refractivity contribution in [1.29, 1.82) is 5.26 Å². The third-order valence-electron chi connectivity index (χ3n) is 5.98. The van der Waals surface area contributed by atoms with E-state index in [4.69, 9.17) is 5.26 Å². The zero-order chi connectivity index (χ0) is 22.3. The summed E-state index contributed by atoms with van der Waals surface area (Å²) in [5.74, 6) is -4.09. The Kier molecular flexibility index (Phi) is 5.39. The molecule has 1 aromatic heterocycles. The van der Waals surface area contributed by atoms with Crippen LogP contribution in [0.2, 0.25) is 0 Å². The fraction of sp³-hybridized carbons (Fsp3) is 0.476. The van der Waals surface area contributed by atoms with E-state index >= 15 is 0 Å². The number of aromatic nitrogens is 2. The Morgan fingerprint density at radius 3 is 2.94 bits per heavy atom. The number of anilines is 1. The summed E-state index contributed by atoms with van der Waals surface area (Å²) in [6.07, 6.45) is 0.119. The summed E-state index contributed by atoms with van der Waals surface area (Å²) in [5, 5.41) is 25.5. The van der Waals surface area contributed by atoms with E-state index in [-0.39, 0.29) is 61.4 Å². The molecule has 164 valence electrons. The second-order valence-corrected chi connectivity index (χ2v) is 8.17. The van der Waals surface area contributed by atoms with Gasteiger partial charge < -0.3 is 15.3 Å². The predicted octanol–water partition coefficient (Wildman–Crippen LogP) is 3.37. The molecule has 7 nitrogen and oxygen atoms in total. The number of alkyl halides is 2. The van der Waals surface area contributed by atoms with E-state index in [9.17, 15) is 23.1 Å². The van der Waals surface area contributed by atoms with Crippen molar-refractivity contribution in [3.05, 3.63) is 46.5 Å². The van der Waals surface area contributed by atoms with Crippen LogP contribution in [0.5, 0.6) is 0 Å². The lowest BCUT2D eigenvalue weighted by Gasteiger charge is -2.33. The molecular formula is C21H22F3N5O2. The molecule has 0 bridgehead atoms. The van der Waals surface area contributed by atoms with E-state index in [0.717, 1.165) is 6.07 Å². The lowest BCUT2D eigenvalue weighted by Crippen LogP contribution is -2.45. The number of nitrogens with one attached hydrogen (secondary N) is 1. The third kappa shape index (κ3) is 3.85. The van der Waals surface area contributed by atoms with Crippen molar-refractivity contribution in [2.45, 2.75) is 51.2 Å². The van der Waals surface area contributed by atoms with Gasteiger partial charge in [-0.15, -0.1) is 0 Å². The van der Waals surface area contributed by atoms with Crippen molar-refractivity contribution >= 4 is 11.7 Å². The summed E-state index contributed by atoms with van der Waals surface area (Å²) in [6.45, 7) is 1.78. The van der Waals surface area contributed by atoms with Crippen molar-refractivity contribution in [1.82, 2.24) is 14.7 Å². The first-order valence-electron chi connectivity index (χ1n) is 10.1. The molecule has 0 aliphatic carbocycles. The van der Waals surface area contributed by atoms with Gasteiger partial charge >= 0.3 is 6.03 Å². The number of halogens is 3. The Labute approximate surface area is 177 Å². The normalized spacial score (nSPS) is 22.1. The highest BCUT2D eigenvalue weighted by Gasteiger charge is 2.44. The maximum atomic E-state index is 15.0. The highest BCUT2D eigenvalue weighted by molar-refractivity contribution is 5.90. The van der Waals surface area contributed by atoms with Crippen molar-refractivity contribution in [3.63, 3.8) is 0 Å². The van der Waals surface area contributed by atoms with Gasteiger partial charge in [0.15, 0.2) is 0 Å². The number of carbonyl (C=O) groups is 1. The Morgan fingerprint density at radius 1 is 1.45 bits per heavy atom. The summed E-state index contributed by atoms with van der Waals surface area (Å²) < 4.78 is 44.7. The van der Waals surface area contributed by atoms with Crippen LogP contribution >= 0.6 is 0 Å². The fourth-order valence-electron chi connectivity index (χ4n) is 4.28. The van der Waals surface area contributed by atoms with Gasteiger partial charge in [-0.25, -0.2) is 9.18 Å². The smallest absolute Gasteiger partial charge is 0.322 e. The number of hydrogen-bond donors (Lipinski definition) is 2. The summed E-state index contributed by atoms with van der Waals surface area (Å²) in [4.78, 5) is 14.3. The molecule has 3 heterocycles. The molecule has 0 saturated carbocycles. The largest absolute Gasteiger partial charge is 0.396 e. The predicted molar refractivity (Wildman–Crippen MR) is 105 cm³/mol. The minimum atomic E-state index is -3.11. The van der Waals surface area contributed by atoms with Crippen LogP contribution in [0.1, 0.15) is 42.3 Å². The first kappa shape index (κ1) is 21.2. The first-order valence-corrected chi connectivity index (χ1v) is 10.1. The van der Waals surface area contributed by atoms with E-state index in [2.05, 4.69) is 10.4 Å². The highest BCUT2D eigenvalue weighted by atomic mass is 19.3. The monoisotopic (exact) mass is 433 g/mol. The molecule has 2 aliphatic heterocycles. The molecule has 2 aliphatic rings. The van der Waals surface area contributed by atoms with Crippen LogP contribution in [0.4, 0.5) is 23.7 Å². The maximum Gasteiger partial charge on any atom is 0.322 e. The van der Waals surface area contributed by atoms with Gasteiger partial charge in [-0.3, -0.25) is 4.68 Å². The molecule has 0 spiro atoms. The number of rotatable bonds is 2. The fourth-order valence-corrected chi connectivity index (χ4v) is 4.28. The second-order valence-electron chi connectivity index (χ2n) is 8.17. The van der Waals surface area contributed by atoms with Gasteiger partial charge in [-0.2, -0.15) is 19.1 Å². The molecule has 2 amide bonds. The van der Waals surface area contributed by atoms with Gasteiger partial charge in [0.05, 0.1) is 17.8 Å². The number of aliphatic hydroxyl groups excluding tert-OH is 1. The Bertz CT molecular complexity index is 1060. The van der Waals surface area contributed by atoms with Gasteiger partial charge in [0.2, 0.25) is 0 Å². The van der Waals surface area contributed by atoms with Crippen LogP contribution in [-0.2, 0) is 25.4 Å². The van der Waals surface area contributed by atoms with Crippen molar-refractivity contribution in [3.8, 4) is 6.07 Å². The number of benzene rings is 1. The number of fused-ring (bicyclic) bond motifs is 3. The third-order valence-corrected chi connectivity index (χ3v) is 5.98. The number of nitriles is 1. The average molecular weight is 433 g/mol. The van der Waals surface area contributed by atoms with Crippen LogP contribution in [-0.4, -0.2) is 38.5 Å². The van der Waals surface area contributed by atoms with Gasteiger partial charge in [0.1, 0.15) is 17.6 Å². The van der Waals surface area contributed by atoms with Crippen molar-refractivity contribution in [2.24, 2.45) is 5.92 Å². The molecular weight excluding hydrogens is 411 g/mol. The van der Waals surface area contributed by atoms with E-state index in [1.54, 1.807) is 13.0 Å². The number of aliphatic hydroxyl groups is 1. The lowest BCUT2D eigenvalue weighted by molar-refractivity contribution is -0.0227. The van der Waals surface area contributed by atoms with E-state index in [1.165, 1.54) is 21.7 Å². The van der Waals surface area contributed by atoms with Gasteiger partial charge in [0, 0.05) is 49.2 Å². The zero-order valence-electron chi connectivity index (χ0n) is 16.9. The number of urea groups is 1. The topological polar surface area (TPSA) is 94.2 Å². The quantitative estimate of drug-likeness (QED) is 0.759. The Balaban J connectivity index is 1.62. The SMILES string of the molecule is C[C@@H]1Cc2nn3c(c2CN1C(=O)Nc1ccc(F)c(C#N)c1)C(F)(F)CC[C@@H](CO)C3. The Hall–Kier alpha value is -3.06. The summed E-state index contributed by atoms with van der Waals surface area (Å²) >= 11 is 0. The molecule has 2 N–H and O–H groups in total. The molecule has 2 aromatic rings. The molecule has 10 heteroatoms. The minimum absolute atomic E-state index is 0.0383. The molecule has 1 aromatic carbocycles. The van der Waals surface area contributed by atoms with E-state index in [0.29, 0.717) is 17.7 Å². The van der Waals surface area contributed by atoms with E-state index < -0.39 is 17.8 Å². The maximum absolute atomic E-state index is 15.0. The molecule has 2 atom stereocenters. The van der Waals surface area contributed by atoms with Crippen LogP contribution in [0.3, 0.4) is 0 Å². The highest BCUT2D eigenvalue weighted by Crippen LogP contribution is 2.42. The molecule has 31 heavy (non-hydrogen) atoms. The Morgan fingerprint density at radius 2 is 2.23 bits per heavy atom. The van der Waals surface area contributed by atoms with Crippen LogP contribution in [0.25, 0.3) is 0 Å². The standard InChI is InChI=1S/C21H22F3N5O2/c1-12-6-18-16(19-21(23,24)5-4-13(11-30)9-29(19)27-18)10-28(12)20(31)26-15-2-3-17(22)14(7-15)8-25/h2-3,7,12-13,30H,4-6,9-11H2,1H3,(H,26,31)/t12-,13-/m1/s1. The number of carbonyl (C=O) groups excluding carboxylic acids is 1. The van der Waals surface area contributed by atoms with Crippen LogP contribution in [0, 0.1) is 23.1 Å². The molecule has 4 rings (SSSR count). The van der Waals surface area contributed by atoms with Gasteiger partial charge in [-0.05, 0) is 31.5 Å². The molecule has 0 saturated heterocycles. The average Bonchev–Trinajstić information content (AvgIpc) is 3.02. The minimum Gasteiger partial charge on any atom is -0.396 e. The summed E-state index contributed by atoms with van der Waals surface area (Å²) in [6, 6.07) is 4.53. The van der Waals surface area contributed by atoms with Gasteiger partial charge in [0.25, 0.3) is 5.92 Å². The zero-order valence-corrected chi connectivity index (χ0v) is 16.9. The summed E-state index contributed by atoms with van der Waals surface area (Å²) in [7, 11) is 0. The second kappa shape index (κ2) is 7.89. The van der Waals surface area contributed by atoms with Crippen molar-refractivity contribution < 1.29 is 23.1 Å². The first-order chi connectivity index (χ1) is 14.7. The molecule has 0 unspecified atom stereocenters. The number of hydrogen-bond acceptors (Lipinski definition) is 4. The van der Waals surface area contributed by atoms with Gasteiger partial charge in [-0.1, -0.05) is 0 Å². The number of amides is 2.